The van der Waals surface area contributed by atoms with Crippen LogP contribution in [-0.2, 0) is 9.53 Å². The maximum Gasteiger partial charge on any atom is 0.169 e. The molecule has 0 spiro atoms. The summed E-state index contributed by atoms with van der Waals surface area (Å²) in [6.45, 7) is 5.11. The molecular weight excluding hydrogens is 244 g/mol. The smallest absolute Gasteiger partial charge is 0.169 e. The molecule has 0 bridgehead atoms. The molecule has 0 aromatic heterocycles. The van der Waals surface area contributed by atoms with Crippen molar-refractivity contribution in [2.24, 2.45) is 0 Å². The number of para-hydroxylation sites is 2. The Morgan fingerprint density at radius 2 is 1.95 bits per heavy atom. The van der Waals surface area contributed by atoms with E-state index < -0.39 is 6.10 Å². The first-order valence-corrected chi connectivity index (χ1v) is 6.79. The minimum atomic E-state index is -0.422. The van der Waals surface area contributed by atoms with Crippen LogP contribution in [0.4, 0.5) is 0 Å². The van der Waals surface area contributed by atoms with Crippen molar-refractivity contribution in [3.8, 4) is 11.5 Å². The Kier molecular flexibility index (Phi) is 4.80. The third-order valence-corrected chi connectivity index (χ3v) is 2.99. The average molecular weight is 264 g/mol. The largest absolute Gasteiger partial charge is 0.490 e. The zero-order valence-electron chi connectivity index (χ0n) is 11.4. The molecule has 1 aromatic carbocycles. The molecule has 1 aromatic rings. The molecule has 0 amide bonds. The predicted molar refractivity (Wildman–Crippen MR) is 71.7 cm³/mol. The van der Waals surface area contributed by atoms with Gasteiger partial charge in [-0.15, -0.1) is 0 Å². The van der Waals surface area contributed by atoms with Crippen molar-refractivity contribution >= 4 is 5.78 Å². The van der Waals surface area contributed by atoms with Crippen molar-refractivity contribution in [1.82, 2.24) is 0 Å². The molecule has 4 heteroatoms. The van der Waals surface area contributed by atoms with Gasteiger partial charge in [-0.25, -0.2) is 0 Å². The van der Waals surface area contributed by atoms with Gasteiger partial charge < -0.3 is 14.2 Å². The van der Waals surface area contributed by atoms with E-state index in [2.05, 4.69) is 0 Å². The van der Waals surface area contributed by atoms with Gasteiger partial charge in [0.25, 0.3) is 0 Å². The van der Waals surface area contributed by atoms with Gasteiger partial charge in [0.1, 0.15) is 6.10 Å². The summed E-state index contributed by atoms with van der Waals surface area (Å²) in [5, 5.41) is 0. The van der Waals surface area contributed by atoms with Gasteiger partial charge in [-0.2, -0.15) is 0 Å². The molecule has 1 fully saturated rings. The molecule has 0 N–H and O–H groups in total. The number of Topliss-reactive ketones (excluding diaryl/α,β-unsaturated/α-hetero) is 1. The van der Waals surface area contributed by atoms with Crippen LogP contribution in [0.25, 0.3) is 0 Å². The molecular formula is C15H20O4. The van der Waals surface area contributed by atoms with Crippen molar-refractivity contribution in [1.29, 1.82) is 0 Å². The number of hydrogen-bond donors (Lipinski definition) is 0. The Hall–Kier alpha value is -1.55. The van der Waals surface area contributed by atoms with Crippen molar-refractivity contribution in [3.63, 3.8) is 0 Å². The molecule has 0 heterocycles. The quantitative estimate of drug-likeness (QED) is 0.759. The highest BCUT2D eigenvalue weighted by molar-refractivity contribution is 5.90. The summed E-state index contributed by atoms with van der Waals surface area (Å²) >= 11 is 0. The van der Waals surface area contributed by atoms with Crippen LogP contribution < -0.4 is 9.47 Å². The lowest BCUT2D eigenvalue weighted by Gasteiger charge is -2.34. The van der Waals surface area contributed by atoms with Crippen molar-refractivity contribution < 1.29 is 19.0 Å². The summed E-state index contributed by atoms with van der Waals surface area (Å²) in [4.78, 5) is 11.5. The lowest BCUT2D eigenvalue weighted by atomic mass is 9.90. The number of carbonyl (C=O) groups is 1. The van der Waals surface area contributed by atoms with Crippen molar-refractivity contribution in [2.45, 2.75) is 38.9 Å². The minimum absolute atomic E-state index is 0.118. The number of carbonyl (C=O) groups excluding carboxylic acids is 1. The second-order valence-electron chi connectivity index (χ2n) is 4.50. The van der Waals surface area contributed by atoms with E-state index in [1.54, 1.807) is 0 Å². The highest BCUT2D eigenvalue weighted by Gasteiger charge is 2.42. The summed E-state index contributed by atoms with van der Waals surface area (Å²) in [7, 11) is 0. The van der Waals surface area contributed by atoms with Gasteiger partial charge >= 0.3 is 0 Å². The maximum absolute atomic E-state index is 11.5. The molecule has 1 saturated carbocycles. The van der Waals surface area contributed by atoms with Crippen molar-refractivity contribution in [3.05, 3.63) is 24.3 Å². The highest BCUT2D eigenvalue weighted by atomic mass is 16.6. The van der Waals surface area contributed by atoms with Crippen LogP contribution in [0.2, 0.25) is 0 Å². The van der Waals surface area contributed by atoms with Gasteiger partial charge in [-0.1, -0.05) is 19.1 Å². The fourth-order valence-electron chi connectivity index (χ4n) is 2.00. The zero-order valence-corrected chi connectivity index (χ0v) is 11.4. The summed E-state index contributed by atoms with van der Waals surface area (Å²) in [6, 6.07) is 7.50. The van der Waals surface area contributed by atoms with Gasteiger partial charge in [0, 0.05) is 13.0 Å². The van der Waals surface area contributed by atoms with E-state index in [0.717, 1.165) is 6.42 Å². The van der Waals surface area contributed by atoms with Crippen LogP contribution in [-0.4, -0.2) is 31.2 Å². The molecule has 2 rings (SSSR count). The first-order valence-electron chi connectivity index (χ1n) is 6.79. The van der Waals surface area contributed by atoms with Crippen LogP contribution in [0.1, 0.15) is 26.7 Å². The van der Waals surface area contributed by atoms with E-state index in [4.69, 9.17) is 14.2 Å². The monoisotopic (exact) mass is 264 g/mol. The third kappa shape index (κ3) is 3.26. The normalized spacial score (nSPS) is 21.9. The number of hydrogen-bond acceptors (Lipinski definition) is 4. The number of ketones is 1. The predicted octanol–water partition coefficient (Wildman–Crippen LogP) is 2.60. The van der Waals surface area contributed by atoms with Gasteiger partial charge in [0.05, 0.1) is 6.61 Å². The Balaban J connectivity index is 1.99. The fraction of sp³-hybridized carbons (Fsp3) is 0.533. The van der Waals surface area contributed by atoms with Crippen LogP contribution >= 0.6 is 0 Å². The summed E-state index contributed by atoms with van der Waals surface area (Å²) < 4.78 is 16.9. The van der Waals surface area contributed by atoms with E-state index in [1.807, 2.05) is 38.1 Å². The Morgan fingerprint density at radius 1 is 1.21 bits per heavy atom. The third-order valence-electron chi connectivity index (χ3n) is 2.99. The Morgan fingerprint density at radius 3 is 2.58 bits per heavy atom. The standard InChI is InChI=1S/C15H20O4/c1-3-9-18-15-11(16)10-14(15)19-13-8-6-5-7-12(13)17-4-2/h5-8,14-15H,3-4,9-10H2,1-2H3. The lowest BCUT2D eigenvalue weighted by molar-refractivity contribution is -0.154. The number of benzene rings is 1. The molecule has 0 saturated heterocycles. The first-order chi connectivity index (χ1) is 9.26. The zero-order chi connectivity index (χ0) is 13.7. The molecule has 4 nitrogen and oxygen atoms in total. The fourth-order valence-corrected chi connectivity index (χ4v) is 2.00. The molecule has 0 aliphatic heterocycles. The highest BCUT2D eigenvalue weighted by Crippen LogP contribution is 2.32. The van der Waals surface area contributed by atoms with Crippen LogP contribution in [0.15, 0.2) is 24.3 Å². The SMILES string of the molecule is CCCOC1C(=O)CC1Oc1ccccc1OCC. The summed E-state index contributed by atoms with van der Waals surface area (Å²) in [6.07, 6.45) is 0.691. The van der Waals surface area contributed by atoms with E-state index >= 15 is 0 Å². The van der Waals surface area contributed by atoms with E-state index in [-0.39, 0.29) is 11.9 Å². The molecule has 1 aliphatic carbocycles. The summed E-state index contributed by atoms with van der Waals surface area (Å²) in [5.74, 6) is 1.50. The molecule has 0 radical (unpaired) electrons. The maximum atomic E-state index is 11.5. The Labute approximate surface area is 113 Å². The second-order valence-corrected chi connectivity index (χ2v) is 4.50. The van der Waals surface area contributed by atoms with E-state index in [1.165, 1.54) is 0 Å². The molecule has 2 unspecified atom stereocenters. The van der Waals surface area contributed by atoms with Crippen LogP contribution in [0.5, 0.6) is 11.5 Å². The average Bonchev–Trinajstić information content (AvgIpc) is 2.41. The lowest BCUT2D eigenvalue weighted by Crippen LogP contribution is -2.52. The molecule has 2 atom stereocenters. The Bertz CT molecular complexity index is 430. The van der Waals surface area contributed by atoms with Gasteiger partial charge in [-0.05, 0) is 25.5 Å². The molecule has 19 heavy (non-hydrogen) atoms. The second kappa shape index (κ2) is 6.57. The van der Waals surface area contributed by atoms with Crippen LogP contribution in [0.3, 0.4) is 0 Å². The summed E-state index contributed by atoms with van der Waals surface area (Å²) in [5.41, 5.74) is 0. The van der Waals surface area contributed by atoms with Gasteiger partial charge in [-0.3, -0.25) is 4.79 Å². The minimum Gasteiger partial charge on any atom is -0.490 e. The van der Waals surface area contributed by atoms with E-state index in [9.17, 15) is 4.79 Å². The number of ether oxygens (including phenoxy) is 3. The van der Waals surface area contributed by atoms with E-state index in [0.29, 0.717) is 31.1 Å². The van der Waals surface area contributed by atoms with Gasteiger partial charge in [0.2, 0.25) is 0 Å². The van der Waals surface area contributed by atoms with Crippen molar-refractivity contribution in [2.75, 3.05) is 13.2 Å². The number of rotatable bonds is 7. The molecule has 104 valence electrons. The first kappa shape index (κ1) is 13.9. The topological polar surface area (TPSA) is 44.8 Å². The van der Waals surface area contributed by atoms with Gasteiger partial charge in [0.15, 0.2) is 23.4 Å². The molecule has 1 aliphatic rings. The van der Waals surface area contributed by atoms with Crippen LogP contribution in [0, 0.1) is 0 Å².